The monoisotopic (exact) mass is 300 g/mol. The highest BCUT2D eigenvalue weighted by molar-refractivity contribution is 7.85. The van der Waals surface area contributed by atoms with Gasteiger partial charge in [0.1, 0.15) is 5.75 Å². The number of hydrogen-bond donors (Lipinski definition) is 2. The van der Waals surface area contributed by atoms with E-state index in [-0.39, 0.29) is 17.7 Å². The predicted molar refractivity (Wildman–Crippen MR) is 77.5 cm³/mol. The summed E-state index contributed by atoms with van der Waals surface area (Å²) in [7, 11) is -1.38. The van der Waals surface area contributed by atoms with Crippen molar-refractivity contribution >= 4 is 34.0 Å². The maximum absolute atomic E-state index is 12.0. The minimum absolute atomic E-state index is 0.0310. The van der Waals surface area contributed by atoms with Gasteiger partial charge in [-0.15, -0.1) is 0 Å². The highest BCUT2D eigenvalue weighted by atomic mass is 35.5. The third kappa shape index (κ3) is 3.94. The second kappa shape index (κ2) is 6.39. The van der Waals surface area contributed by atoms with E-state index in [1.54, 1.807) is 18.2 Å². The number of hydrogen-bond acceptors (Lipinski definition) is 3. The standard InChI is InChI=1S/C13H17ClN2O2S/c14-11-7-10(5-6-12(11)15)19(18)8-13(17)16-9-3-1-2-4-9/h5-7,9H,1-4,8,15H2,(H,16,17). The lowest BCUT2D eigenvalue weighted by Crippen LogP contribution is -2.35. The van der Waals surface area contributed by atoms with Crippen LogP contribution in [0.5, 0.6) is 0 Å². The summed E-state index contributed by atoms with van der Waals surface area (Å²) in [5.74, 6) is -0.199. The SMILES string of the molecule is Nc1ccc(S(=O)CC(=O)NC2CCCC2)cc1Cl. The third-order valence-electron chi connectivity index (χ3n) is 3.22. The van der Waals surface area contributed by atoms with Crippen molar-refractivity contribution in [2.24, 2.45) is 0 Å². The molecule has 1 saturated carbocycles. The first kappa shape index (κ1) is 14.3. The first-order valence-electron chi connectivity index (χ1n) is 6.29. The van der Waals surface area contributed by atoms with Gasteiger partial charge in [-0.3, -0.25) is 9.00 Å². The van der Waals surface area contributed by atoms with Crippen LogP contribution in [0.3, 0.4) is 0 Å². The summed E-state index contributed by atoms with van der Waals surface area (Å²) in [6.45, 7) is 0. The van der Waals surface area contributed by atoms with Crippen LogP contribution in [0.25, 0.3) is 0 Å². The normalized spacial score (nSPS) is 17.3. The van der Waals surface area contributed by atoms with Gasteiger partial charge in [0.2, 0.25) is 5.91 Å². The Labute approximate surface area is 120 Å². The molecule has 0 aliphatic heterocycles. The number of anilines is 1. The number of nitrogen functional groups attached to an aromatic ring is 1. The van der Waals surface area contributed by atoms with Gasteiger partial charge in [-0.1, -0.05) is 24.4 Å². The van der Waals surface area contributed by atoms with Crippen molar-refractivity contribution in [3.8, 4) is 0 Å². The molecule has 1 amide bonds. The highest BCUT2D eigenvalue weighted by Crippen LogP contribution is 2.22. The molecular formula is C13H17ClN2O2S. The van der Waals surface area contributed by atoms with E-state index in [9.17, 15) is 9.00 Å². The summed E-state index contributed by atoms with van der Waals surface area (Å²) in [5, 5.41) is 3.28. The molecule has 1 unspecified atom stereocenters. The van der Waals surface area contributed by atoms with E-state index in [0.29, 0.717) is 15.6 Å². The second-order valence-electron chi connectivity index (χ2n) is 4.72. The van der Waals surface area contributed by atoms with E-state index in [4.69, 9.17) is 17.3 Å². The summed E-state index contributed by atoms with van der Waals surface area (Å²) in [6.07, 6.45) is 4.35. The number of nitrogens with two attached hydrogens (primary N) is 1. The molecule has 1 aliphatic rings. The van der Waals surface area contributed by atoms with Gasteiger partial charge in [-0.25, -0.2) is 0 Å². The second-order valence-corrected chi connectivity index (χ2v) is 6.58. The molecule has 2 rings (SSSR count). The lowest BCUT2D eigenvalue weighted by Gasteiger charge is -2.11. The number of carbonyl (C=O) groups excluding carboxylic acids is 1. The van der Waals surface area contributed by atoms with Gasteiger partial charge in [-0.05, 0) is 31.0 Å². The van der Waals surface area contributed by atoms with E-state index in [2.05, 4.69) is 5.32 Å². The molecule has 1 atom stereocenters. The fourth-order valence-electron chi connectivity index (χ4n) is 2.19. The van der Waals surface area contributed by atoms with Gasteiger partial charge in [0.15, 0.2) is 0 Å². The molecule has 0 aromatic heterocycles. The van der Waals surface area contributed by atoms with Crippen LogP contribution in [0.1, 0.15) is 25.7 Å². The van der Waals surface area contributed by atoms with Gasteiger partial charge >= 0.3 is 0 Å². The molecule has 0 spiro atoms. The van der Waals surface area contributed by atoms with Crippen molar-refractivity contribution in [1.29, 1.82) is 0 Å². The van der Waals surface area contributed by atoms with Crippen molar-refractivity contribution in [2.45, 2.75) is 36.6 Å². The topological polar surface area (TPSA) is 72.2 Å². The van der Waals surface area contributed by atoms with Crippen LogP contribution in [0.15, 0.2) is 23.1 Å². The first-order chi connectivity index (χ1) is 9.06. The Morgan fingerprint density at radius 2 is 2.11 bits per heavy atom. The Morgan fingerprint density at radius 1 is 1.42 bits per heavy atom. The summed E-state index contributed by atoms with van der Waals surface area (Å²) in [6, 6.07) is 5.04. The molecule has 4 nitrogen and oxygen atoms in total. The Bertz CT molecular complexity index is 501. The molecule has 0 bridgehead atoms. The zero-order valence-corrected chi connectivity index (χ0v) is 12.1. The van der Waals surface area contributed by atoms with Crippen LogP contribution < -0.4 is 11.1 Å². The molecule has 0 saturated heterocycles. The van der Waals surface area contributed by atoms with E-state index >= 15 is 0 Å². The molecule has 1 fully saturated rings. The molecule has 104 valence electrons. The molecular weight excluding hydrogens is 284 g/mol. The largest absolute Gasteiger partial charge is 0.398 e. The molecule has 1 aromatic rings. The molecule has 0 heterocycles. The van der Waals surface area contributed by atoms with Gasteiger partial charge < -0.3 is 11.1 Å². The Kier molecular flexibility index (Phi) is 4.82. The van der Waals surface area contributed by atoms with Crippen LogP contribution in [0.4, 0.5) is 5.69 Å². The molecule has 19 heavy (non-hydrogen) atoms. The number of amides is 1. The van der Waals surface area contributed by atoms with Crippen LogP contribution >= 0.6 is 11.6 Å². The molecule has 0 radical (unpaired) electrons. The number of carbonyl (C=O) groups is 1. The zero-order valence-electron chi connectivity index (χ0n) is 10.5. The van der Waals surface area contributed by atoms with Crippen molar-refractivity contribution in [1.82, 2.24) is 5.32 Å². The lowest BCUT2D eigenvalue weighted by atomic mass is 10.2. The first-order valence-corrected chi connectivity index (χ1v) is 7.98. The van der Waals surface area contributed by atoms with Crippen LogP contribution in [-0.4, -0.2) is 21.9 Å². The van der Waals surface area contributed by atoms with E-state index in [1.165, 1.54) is 0 Å². The fraction of sp³-hybridized carbons (Fsp3) is 0.462. The van der Waals surface area contributed by atoms with E-state index < -0.39 is 10.8 Å². The maximum Gasteiger partial charge on any atom is 0.233 e. The lowest BCUT2D eigenvalue weighted by molar-refractivity contribution is -0.119. The minimum atomic E-state index is -1.38. The molecule has 3 N–H and O–H groups in total. The summed E-state index contributed by atoms with van der Waals surface area (Å²) < 4.78 is 12.0. The Morgan fingerprint density at radius 3 is 2.74 bits per heavy atom. The number of nitrogens with one attached hydrogen (secondary N) is 1. The molecule has 1 aliphatic carbocycles. The van der Waals surface area contributed by atoms with E-state index in [0.717, 1.165) is 25.7 Å². The number of rotatable bonds is 4. The Balaban J connectivity index is 1.92. The van der Waals surface area contributed by atoms with Crippen LogP contribution in [0, 0.1) is 0 Å². The average Bonchev–Trinajstić information content (AvgIpc) is 2.85. The van der Waals surface area contributed by atoms with Crippen molar-refractivity contribution < 1.29 is 9.00 Å². The zero-order chi connectivity index (χ0) is 13.8. The quantitative estimate of drug-likeness (QED) is 0.836. The van der Waals surface area contributed by atoms with E-state index in [1.807, 2.05) is 0 Å². The van der Waals surface area contributed by atoms with Gasteiger partial charge in [0.25, 0.3) is 0 Å². The molecule has 6 heteroatoms. The smallest absolute Gasteiger partial charge is 0.233 e. The van der Waals surface area contributed by atoms with Gasteiger partial charge in [0.05, 0.1) is 21.5 Å². The van der Waals surface area contributed by atoms with Crippen molar-refractivity contribution in [3.63, 3.8) is 0 Å². The fourth-order valence-corrected chi connectivity index (χ4v) is 3.39. The average molecular weight is 301 g/mol. The summed E-state index contributed by atoms with van der Waals surface area (Å²) >= 11 is 5.87. The number of benzene rings is 1. The third-order valence-corrected chi connectivity index (χ3v) is 4.85. The number of halogens is 1. The van der Waals surface area contributed by atoms with Crippen LogP contribution in [0.2, 0.25) is 5.02 Å². The Hall–Kier alpha value is -1.07. The van der Waals surface area contributed by atoms with Crippen LogP contribution in [-0.2, 0) is 15.6 Å². The molecule has 1 aromatic carbocycles. The maximum atomic E-state index is 12.0. The van der Waals surface area contributed by atoms with Gasteiger partial charge in [0, 0.05) is 10.9 Å². The minimum Gasteiger partial charge on any atom is -0.398 e. The van der Waals surface area contributed by atoms with Gasteiger partial charge in [-0.2, -0.15) is 0 Å². The van der Waals surface area contributed by atoms with Crippen molar-refractivity contribution in [2.75, 3.05) is 11.5 Å². The van der Waals surface area contributed by atoms with Crippen molar-refractivity contribution in [3.05, 3.63) is 23.2 Å². The highest BCUT2D eigenvalue weighted by Gasteiger charge is 2.18. The summed E-state index contributed by atoms with van der Waals surface area (Å²) in [4.78, 5) is 12.3. The predicted octanol–water partition coefficient (Wildman–Crippen LogP) is 2.09. The summed E-state index contributed by atoms with van der Waals surface area (Å²) in [5.41, 5.74) is 6.03.